The first-order valence-electron chi connectivity index (χ1n) is 2.96. The number of nitrogens with zero attached hydrogens (tertiary/aromatic N) is 2. The third kappa shape index (κ3) is 7.42. The minimum Gasteiger partial charge on any atom is -0.324 e. The van der Waals surface area contributed by atoms with Crippen molar-refractivity contribution in [3.8, 4) is 0 Å². The van der Waals surface area contributed by atoms with Crippen molar-refractivity contribution in [2.24, 2.45) is 8.30 Å². The smallest absolute Gasteiger partial charge is 0.324 e. The molecule has 0 rings (SSSR count). The average molecular weight is 358 g/mol. The van der Waals surface area contributed by atoms with Crippen molar-refractivity contribution in [2.75, 3.05) is 14.2 Å². The Morgan fingerprint density at radius 3 is 1.40 bits per heavy atom. The van der Waals surface area contributed by atoms with E-state index in [4.69, 9.17) is 45.0 Å². The van der Waals surface area contributed by atoms with Crippen molar-refractivity contribution in [1.29, 1.82) is 0 Å². The van der Waals surface area contributed by atoms with Gasteiger partial charge in [-0.25, -0.2) is 0 Å². The highest BCUT2D eigenvalue weighted by Crippen LogP contribution is 2.64. The highest BCUT2D eigenvalue weighted by Gasteiger charge is 2.22. The van der Waals surface area contributed by atoms with Gasteiger partial charge >= 0.3 is 10.2 Å². The molecule has 0 aliphatic carbocycles. The molecule has 0 aromatic heterocycles. The highest BCUT2D eigenvalue weighted by molar-refractivity contribution is 8.14. The first kappa shape index (κ1) is 16.5. The van der Waals surface area contributed by atoms with Crippen molar-refractivity contribution < 1.29 is 17.5 Å². The molecule has 92 valence electrons. The van der Waals surface area contributed by atoms with Gasteiger partial charge in [-0.3, -0.25) is 0 Å². The van der Waals surface area contributed by atoms with Crippen molar-refractivity contribution in [3.63, 3.8) is 0 Å². The van der Waals surface area contributed by atoms with E-state index in [0.717, 1.165) is 14.2 Å². The second-order valence-corrected chi connectivity index (χ2v) is 13.1. The number of hydrogen-bond acceptors (Lipinski definition) is 4. The van der Waals surface area contributed by atoms with Crippen molar-refractivity contribution >= 4 is 67.1 Å². The summed E-state index contributed by atoms with van der Waals surface area (Å²) in [5, 5.41) is 0. The molecule has 0 spiro atoms. The van der Waals surface area contributed by atoms with Gasteiger partial charge in [-0.1, -0.05) is 0 Å². The zero-order chi connectivity index (χ0) is 12.3. The summed E-state index contributed by atoms with van der Waals surface area (Å²) in [6.45, 7) is 0. The van der Waals surface area contributed by atoms with Crippen LogP contribution in [0.15, 0.2) is 8.30 Å². The molecule has 0 N–H and O–H groups in total. The Hall–Kier alpha value is 1.49. The summed E-state index contributed by atoms with van der Waals surface area (Å²) in [6, 6.07) is 0. The molecule has 0 aliphatic rings. The summed E-state index contributed by atoms with van der Waals surface area (Å²) in [5.74, 6) is -6.82. The summed E-state index contributed by atoms with van der Waals surface area (Å²) in [6.07, 6.45) is 0. The van der Waals surface area contributed by atoms with Gasteiger partial charge in [0.05, 0.1) is 0 Å². The van der Waals surface area contributed by atoms with Crippen LogP contribution in [0.2, 0.25) is 0 Å². The summed E-state index contributed by atoms with van der Waals surface area (Å²) in [7, 11) is -2.14. The van der Waals surface area contributed by atoms with Gasteiger partial charge in [0.1, 0.15) is 0 Å². The van der Waals surface area contributed by atoms with Crippen molar-refractivity contribution in [2.45, 2.75) is 0 Å². The zero-order valence-electron chi connectivity index (χ0n) is 7.34. The minimum atomic E-state index is -4.35. The highest BCUT2D eigenvalue weighted by atomic mass is 35.9. The lowest BCUT2D eigenvalue weighted by atomic mass is 11.8. The van der Waals surface area contributed by atoms with E-state index >= 15 is 0 Å². The minimum absolute atomic E-state index is 1.10. The quantitative estimate of drug-likeness (QED) is 0.700. The fourth-order valence-corrected chi connectivity index (χ4v) is 6.01. The Balaban J connectivity index is 5.42. The predicted octanol–water partition coefficient (Wildman–Crippen LogP) is 4.37. The predicted molar refractivity (Wildman–Crippen MR) is 65.0 cm³/mol. The largest absolute Gasteiger partial charge is 0.368 e. The van der Waals surface area contributed by atoms with Crippen LogP contribution in [0.25, 0.3) is 0 Å². The van der Waals surface area contributed by atoms with E-state index in [1.54, 1.807) is 0 Å². The molecule has 0 bridgehead atoms. The summed E-state index contributed by atoms with van der Waals surface area (Å²) < 4.78 is 37.3. The normalized spacial score (nSPS) is 13.7. The standard InChI is InChI=1S/C2H6Cl4N2O4P2S/c1-11-13(3,4)7-15(9,10)8-14(5,6)12-2/h1-2H3. The molecule has 0 radical (unpaired) electrons. The van der Waals surface area contributed by atoms with E-state index in [2.05, 4.69) is 17.3 Å². The van der Waals surface area contributed by atoms with Gasteiger partial charge in [0.15, 0.2) is 0 Å². The molecule has 15 heavy (non-hydrogen) atoms. The molecular formula is C2H6Cl4N2O4P2S. The molecule has 0 saturated carbocycles. The molecule has 6 nitrogen and oxygen atoms in total. The zero-order valence-corrected chi connectivity index (χ0v) is 13.0. The molecule has 0 aromatic rings. The Morgan fingerprint density at radius 2 is 1.20 bits per heavy atom. The number of rotatable bonds is 4. The SMILES string of the molecule is COP(Cl)(Cl)=NS(=O)(=O)N=P(Cl)(Cl)OC. The Kier molecular flexibility index (Phi) is 6.48. The van der Waals surface area contributed by atoms with Crippen LogP contribution in [0.3, 0.4) is 0 Å². The monoisotopic (exact) mass is 356 g/mol. The first-order valence-corrected chi connectivity index (χ1v) is 11.3. The van der Waals surface area contributed by atoms with Crippen LogP contribution >= 0.6 is 56.9 Å². The maximum absolute atomic E-state index is 11.2. The molecule has 0 fully saturated rings. The molecular weight excluding hydrogens is 352 g/mol. The van der Waals surface area contributed by atoms with E-state index in [1.165, 1.54) is 0 Å². The van der Waals surface area contributed by atoms with Crippen LogP contribution in [0.1, 0.15) is 0 Å². The molecule has 0 unspecified atom stereocenters. The van der Waals surface area contributed by atoms with Crippen LogP contribution in [-0.2, 0) is 19.3 Å². The van der Waals surface area contributed by atoms with Gasteiger partial charge in [0.25, 0.3) is 12.0 Å². The molecule has 0 aliphatic heterocycles. The Bertz CT molecular complexity index is 388. The van der Waals surface area contributed by atoms with Gasteiger partial charge in [-0.05, 0) is 45.0 Å². The molecule has 0 atom stereocenters. The Morgan fingerprint density at radius 1 is 0.933 bits per heavy atom. The van der Waals surface area contributed by atoms with Crippen LogP contribution in [0.5, 0.6) is 0 Å². The van der Waals surface area contributed by atoms with Gasteiger partial charge in [0, 0.05) is 14.2 Å². The molecule has 13 heteroatoms. The maximum atomic E-state index is 11.2. The van der Waals surface area contributed by atoms with E-state index < -0.39 is 22.2 Å². The molecule has 0 heterocycles. The van der Waals surface area contributed by atoms with Gasteiger partial charge < -0.3 is 9.05 Å². The topological polar surface area (TPSA) is 77.3 Å². The van der Waals surface area contributed by atoms with E-state index in [0.29, 0.717) is 0 Å². The van der Waals surface area contributed by atoms with Crippen molar-refractivity contribution in [1.82, 2.24) is 0 Å². The summed E-state index contributed by atoms with van der Waals surface area (Å²) >= 11 is 21.6. The van der Waals surface area contributed by atoms with Crippen LogP contribution in [-0.4, -0.2) is 22.6 Å². The van der Waals surface area contributed by atoms with Gasteiger partial charge in [0.2, 0.25) is 0 Å². The van der Waals surface area contributed by atoms with Gasteiger partial charge in [-0.2, -0.15) is 8.42 Å². The number of hydrogen-bond donors (Lipinski definition) is 0. The van der Waals surface area contributed by atoms with E-state index in [9.17, 15) is 8.42 Å². The number of halogens is 4. The molecule has 0 saturated heterocycles. The average Bonchev–Trinajstić information content (AvgIpc) is 2.00. The first-order chi connectivity index (χ1) is 6.54. The van der Waals surface area contributed by atoms with E-state index in [1.807, 2.05) is 0 Å². The lowest BCUT2D eigenvalue weighted by Crippen LogP contribution is -1.88. The second-order valence-electron chi connectivity index (χ2n) is 1.85. The lowest BCUT2D eigenvalue weighted by molar-refractivity contribution is 0.472. The molecule has 0 aromatic carbocycles. The van der Waals surface area contributed by atoms with Gasteiger partial charge in [-0.15, -0.1) is 8.30 Å². The molecule has 0 amide bonds. The van der Waals surface area contributed by atoms with Crippen molar-refractivity contribution in [3.05, 3.63) is 0 Å². The van der Waals surface area contributed by atoms with E-state index in [-0.39, 0.29) is 0 Å². The summed E-state index contributed by atoms with van der Waals surface area (Å²) in [4.78, 5) is 0. The fraction of sp³-hybridized carbons (Fsp3) is 1.00. The maximum Gasteiger partial charge on any atom is 0.368 e. The lowest BCUT2D eigenvalue weighted by Gasteiger charge is -2.06. The Labute approximate surface area is 107 Å². The van der Waals surface area contributed by atoms with Crippen LogP contribution in [0.4, 0.5) is 0 Å². The van der Waals surface area contributed by atoms with Crippen LogP contribution in [0, 0.1) is 0 Å². The fourth-order valence-electron chi connectivity index (χ4n) is 0.323. The van der Waals surface area contributed by atoms with Crippen LogP contribution < -0.4 is 0 Å². The third-order valence-corrected chi connectivity index (χ3v) is 8.76. The summed E-state index contributed by atoms with van der Waals surface area (Å²) in [5.41, 5.74) is 0. The second kappa shape index (κ2) is 5.89. The third-order valence-electron chi connectivity index (χ3n) is 0.836.